The van der Waals surface area contributed by atoms with Crippen LogP contribution in [0.15, 0.2) is 66.5 Å². The Balaban J connectivity index is 1.27. The lowest BCUT2D eigenvalue weighted by molar-refractivity contribution is -0.127. The molecule has 0 radical (unpaired) electrons. The van der Waals surface area contributed by atoms with Crippen LogP contribution in [0, 0.1) is 17.1 Å². The summed E-state index contributed by atoms with van der Waals surface area (Å²) in [5.41, 5.74) is 6.83. The van der Waals surface area contributed by atoms with Gasteiger partial charge >= 0.3 is 0 Å². The number of rotatable bonds is 10. The molecule has 2 aliphatic rings. The Morgan fingerprint density at radius 2 is 2.00 bits per heavy atom. The number of amides is 1. The van der Waals surface area contributed by atoms with E-state index in [2.05, 4.69) is 27.9 Å². The van der Waals surface area contributed by atoms with Crippen LogP contribution in [0.4, 0.5) is 10.2 Å². The first-order valence-electron chi connectivity index (χ1n) is 15.5. The third kappa shape index (κ3) is 6.03. The lowest BCUT2D eigenvalue weighted by Gasteiger charge is -2.45. The average Bonchev–Trinajstić information content (AvgIpc) is 3.63. The number of carbonyl (C=O) groups is 1. The second kappa shape index (κ2) is 12.9. The second-order valence-corrected chi connectivity index (χ2v) is 12.1. The molecule has 2 aromatic heterocycles. The summed E-state index contributed by atoms with van der Waals surface area (Å²) in [4.78, 5) is 26.4. The van der Waals surface area contributed by atoms with Gasteiger partial charge in [-0.25, -0.2) is 19.0 Å². The number of likely N-dealkylation sites (N-methyl/N-ethyl adjacent to an activating group) is 1. The van der Waals surface area contributed by atoms with Crippen LogP contribution in [-0.2, 0) is 16.1 Å². The topological polar surface area (TPSA) is 135 Å². The molecular weight excluding hydrogens is 587 g/mol. The molecule has 2 saturated heterocycles. The first-order chi connectivity index (χ1) is 22.2. The molecule has 0 aliphatic carbocycles. The number of benzene rings is 2. The van der Waals surface area contributed by atoms with Gasteiger partial charge in [0, 0.05) is 23.7 Å². The van der Waals surface area contributed by atoms with Gasteiger partial charge in [0.15, 0.2) is 5.65 Å². The SMILES string of the molecule is CCN(C1COC1)C(C)(C)/C=C(/C#N)C(=O)N1CCC[C@@H]1Cn1nc(-c2ccc(Oc3ccccc3)cc2F)c2c(N)ncnc21. The number of nitrogens with zero attached hydrogens (tertiary/aromatic N) is 7. The van der Waals surface area contributed by atoms with Crippen LogP contribution >= 0.6 is 0 Å². The van der Waals surface area contributed by atoms with Crippen LogP contribution in [0.2, 0.25) is 0 Å². The number of likely N-dealkylation sites (tertiary alicyclic amines) is 1. The Bertz CT molecular complexity index is 1810. The van der Waals surface area contributed by atoms with E-state index in [0.717, 1.165) is 13.0 Å². The molecule has 0 spiro atoms. The van der Waals surface area contributed by atoms with Crippen molar-refractivity contribution >= 4 is 22.8 Å². The highest BCUT2D eigenvalue weighted by Crippen LogP contribution is 2.35. The number of hydrogen-bond acceptors (Lipinski definition) is 9. The first-order valence-corrected chi connectivity index (χ1v) is 15.5. The molecule has 0 unspecified atom stereocenters. The third-order valence-electron chi connectivity index (χ3n) is 8.75. The smallest absolute Gasteiger partial charge is 0.264 e. The molecule has 12 heteroatoms. The van der Waals surface area contributed by atoms with Gasteiger partial charge in [-0.2, -0.15) is 10.4 Å². The average molecular weight is 625 g/mol. The van der Waals surface area contributed by atoms with Gasteiger partial charge in [-0.05, 0) is 63.6 Å². The van der Waals surface area contributed by atoms with Crippen molar-refractivity contribution < 1.29 is 18.7 Å². The fraction of sp³-hybridized carbons (Fsp3) is 0.382. The number of carbonyl (C=O) groups excluding carboxylic acids is 1. The van der Waals surface area contributed by atoms with Gasteiger partial charge in [-0.3, -0.25) is 9.69 Å². The number of halogens is 1. The number of ether oxygens (including phenoxy) is 2. The van der Waals surface area contributed by atoms with E-state index in [4.69, 9.17) is 20.3 Å². The number of aromatic nitrogens is 4. The van der Waals surface area contributed by atoms with Crippen molar-refractivity contribution in [2.75, 3.05) is 32.0 Å². The Labute approximate surface area is 267 Å². The molecule has 2 aliphatic heterocycles. The largest absolute Gasteiger partial charge is 0.457 e. The fourth-order valence-corrected chi connectivity index (χ4v) is 6.49. The minimum absolute atomic E-state index is 0.105. The maximum atomic E-state index is 15.6. The van der Waals surface area contributed by atoms with Crippen LogP contribution in [-0.4, -0.2) is 79.4 Å². The van der Waals surface area contributed by atoms with Gasteiger partial charge in [0.2, 0.25) is 0 Å². The zero-order valence-electron chi connectivity index (χ0n) is 26.2. The molecular formula is C34H37FN8O3. The van der Waals surface area contributed by atoms with Gasteiger partial charge in [0.1, 0.15) is 46.8 Å². The summed E-state index contributed by atoms with van der Waals surface area (Å²) >= 11 is 0. The van der Waals surface area contributed by atoms with Crippen LogP contribution in [0.1, 0.15) is 33.6 Å². The van der Waals surface area contributed by atoms with Gasteiger partial charge < -0.3 is 20.1 Å². The highest BCUT2D eigenvalue weighted by Gasteiger charge is 2.37. The van der Waals surface area contributed by atoms with Crippen molar-refractivity contribution in [2.24, 2.45) is 0 Å². The van der Waals surface area contributed by atoms with Crippen LogP contribution < -0.4 is 10.5 Å². The van der Waals surface area contributed by atoms with E-state index >= 15 is 4.39 Å². The van der Waals surface area contributed by atoms with E-state index in [1.54, 1.807) is 39.9 Å². The van der Waals surface area contributed by atoms with Crippen molar-refractivity contribution in [3.05, 3.63) is 72.3 Å². The Morgan fingerprint density at radius 1 is 1.22 bits per heavy atom. The summed E-state index contributed by atoms with van der Waals surface area (Å²) in [6, 6.07) is 15.9. The van der Waals surface area contributed by atoms with Gasteiger partial charge in [0.05, 0.1) is 37.2 Å². The normalized spacial score (nSPS) is 17.3. The lowest BCUT2D eigenvalue weighted by atomic mass is 9.95. The van der Waals surface area contributed by atoms with Crippen molar-refractivity contribution in [3.8, 4) is 28.8 Å². The summed E-state index contributed by atoms with van der Waals surface area (Å²) in [5.74, 6) is 0.245. The predicted octanol–water partition coefficient (Wildman–Crippen LogP) is 4.95. The Hall–Kier alpha value is -4.86. The number of nitrogens with two attached hydrogens (primary N) is 1. The lowest BCUT2D eigenvalue weighted by Crippen LogP contribution is -2.57. The molecule has 1 atom stereocenters. The number of hydrogen-bond donors (Lipinski definition) is 1. The molecule has 2 N–H and O–H groups in total. The summed E-state index contributed by atoms with van der Waals surface area (Å²) in [7, 11) is 0. The number of nitrogen functional groups attached to an aromatic ring is 1. The standard InChI is InChI=1S/C34H37FN8O3/c1-4-42(24-19-45-20-24)34(2,3)16-22(17-36)33(44)41-14-8-9-23(41)18-43-32-29(31(37)38-21-39-32)30(40-43)27-13-12-26(15-28(27)35)46-25-10-6-5-7-11-25/h5-7,10-13,15-16,21,23-24H,4,8-9,14,18-20H2,1-3H3,(H2,37,38,39)/b22-16-/t23-/m1/s1. The Kier molecular flexibility index (Phi) is 8.71. The molecule has 46 heavy (non-hydrogen) atoms. The van der Waals surface area contributed by atoms with Crippen molar-refractivity contribution in [2.45, 2.75) is 57.8 Å². The second-order valence-electron chi connectivity index (χ2n) is 12.1. The van der Waals surface area contributed by atoms with E-state index in [-0.39, 0.29) is 41.5 Å². The molecule has 0 saturated carbocycles. The monoisotopic (exact) mass is 624 g/mol. The zero-order valence-corrected chi connectivity index (χ0v) is 26.2. The van der Waals surface area contributed by atoms with Gasteiger partial charge in [-0.15, -0.1) is 0 Å². The number of nitriles is 1. The molecule has 238 valence electrons. The van der Waals surface area contributed by atoms with Gasteiger partial charge in [0.25, 0.3) is 5.91 Å². The molecule has 2 fully saturated rings. The van der Waals surface area contributed by atoms with E-state index in [1.165, 1.54) is 12.4 Å². The molecule has 6 rings (SSSR count). The van der Waals surface area contributed by atoms with E-state index < -0.39 is 11.4 Å². The molecule has 11 nitrogen and oxygen atoms in total. The number of fused-ring (bicyclic) bond motifs is 1. The zero-order chi connectivity index (χ0) is 32.4. The maximum Gasteiger partial charge on any atom is 0.264 e. The molecule has 4 heterocycles. The van der Waals surface area contributed by atoms with Crippen molar-refractivity contribution in [1.29, 1.82) is 5.26 Å². The van der Waals surface area contributed by atoms with Crippen molar-refractivity contribution in [1.82, 2.24) is 29.5 Å². The quantitative estimate of drug-likeness (QED) is 0.192. The third-order valence-corrected chi connectivity index (χ3v) is 8.75. The first kappa shape index (κ1) is 31.1. The van der Waals surface area contributed by atoms with Crippen LogP contribution in [0.5, 0.6) is 11.5 Å². The summed E-state index contributed by atoms with van der Waals surface area (Å²) in [6.07, 6.45) is 4.61. The molecule has 2 aromatic carbocycles. The Morgan fingerprint density at radius 3 is 2.67 bits per heavy atom. The van der Waals surface area contributed by atoms with E-state index in [9.17, 15) is 10.1 Å². The number of anilines is 1. The summed E-state index contributed by atoms with van der Waals surface area (Å²) in [6.45, 7) is 8.94. The fourth-order valence-electron chi connectivity index (χ4n) is 6.49. The predicted molar refractivity (Wildman–Crippen MR) is 171 cm³/mol. The van der Waals surface area contributed by atoms with Gasteiger partial charge in [-0.1, -0.05) is 25.1 Å². The summed E-state index contributed by atoms with van der Waals surface area (Å²) in [5, 5.41) is 15.3. The minimum Gasteiger partial charge on any atom is -0.457 e. The van der Waals surface area contributed by atoms with Crippen LogP contribution in [0.3, 0.4) is 0 Å². The van der Waals surface area contributed by atoms with Crippen LogP contribution in [0.25, 0.3) is 22.3 Å². The number of para-hydroxylation sites is 1. The molecule has 4 aromatic rings. The highest BCUT2D eigenvalue weighted by atomic mass is 19.1. The maximum absolute atomic E-state index is 15.6. The van der Waals surface area contributed by atoms with E-state index in [1.807, 2.05) is 32.0 Å². The molecule has 0 bridgehead atoms. The highest BCUT2D eigenvalue weighted by molar-refractivity contribution is 5.99. The van der Waals surface area contributed by atoms with E-state index in [0.29, 0.717) is 54.4 Å². The van der Waals surface area contributed by atoms with Crippen molar-refractivity contribution in [3.63, 3.8) is 0 Å². The summed E-state index contributed by atoms with van der Waals surface area (Å²) < 4.78 is 28.4. The molecule has 1 amide bonds. The minimum atomic E-state index is -0.540.